The van der Waals surface area contributed by atoms with Crippen molar-refractivity contribution in [2.45, 2.75) is 51.2 Å². The lowest BCUT2D eigenvalue weighted by Gasteiger charge is -2.47. The molecule has 212 valence electrons. The first kappa shape index (κ1) is 27.6. The molecule has 0 aliphatic carbocycles. The van der Waals surface area contributed by atoms with Gasteiger partial charge in [-0.25, -0.2) is 0 Å². The summed E-state index contributed by atoms with van der Waals surface area (Å²) in [6, 6.07) is 10.7. The number of nitrogens with zero attached hydrogens (tertiary/aromatic N) is 4. The van der Waals surface area contributed by atoms with Gasteiger partial charge in [0.1, 0.15) is 12.4 Å². The number of amides is 1. The van der Waals surface area contributed by atoms with Crippen molar-refractivity contribution in [1.29, 1.82) is 0 Å². The Balaban J connectivity index is 1.12. The normalized spacial score (nSPS) is 22.1. The van der Waals surface area contributed by atoms with E-state index in [0.29, 0.717) is 24.0 Å². The number of halogens is 2. The van der Waals surface area contributed by atoms with Gasteiger partial charge in [0, 0.05) is 44.1 Å². The van der Waals surface area contributed by atoms with Gasteiger partial charge in [0.25, 0.3) is 11.5 Å². The van der Waals surface area contributed by atoms with Crippen LogP contribution >= 0.6 is 0 Å². The third-order valence-electron chi connectivity index (χ3n) is 8.20. The van der Waals surface area contributed by atoms with Crippen LogP contribution in [0.15, 0.2) is 47.4 Å². The number of benzene rings is 1. The topological polar surface area (TPSA) is 67.2 Å². The van der Waals surface area contributed by atoms with Gasteiger partial charge in [-0.3, -0.25) is 14.2 Å². The first-order valence-electron chi connectivity index (χ1n) is 14.0. The number of morpholine rings is 1. The maximum Gasteiger partial charge on any atom is 0.321 e. The van der Waals surface area contributed by atoms with Crippen molar-refractivity contribution in [3.8, 4) is 5.75 Å². The predicted molar refractivity (Wildman–Crippen MR) is 146 cm³/mol. The molecule has 1 spiro atoms. The van der Waals surface area contributed by atoms with E-state index in [-0.39, 0.29) is 24.7 Å². The highest BCUT2D eigenvalue weighted by Crippen LogP contribution is 2.34. The van der Waals surface area contributed by atoms with Crippen LogP contribution in [0.3, 0.4) is 0 Å². The predicted octanol–water partition coefficient (Wildman–Crippen LogP) is 4.15. The largest absolute Gasteiger partial charge is 0.494 e. The first-order valence-corrected chi connectivity index (χ1v) is 14.0. The summed E-state index contributed by atoms with van der Waals surface area (Å²) in [7, 11) is 0. The Morgan fingerprint density at radius 2 is 1.79 bits per heavy atom. The van der Waals surface area contributed by atoms with Gasteiger partial charge in [-0.15, -0.1) is 0 Å². The molecule has 1 amide bonds. The van der Waals surface area contributed by atoms with E-state index in [9.17, 15) is 18.4 Å². The number of carbonyl (C=O) groups excluding carboxylic acids is 1. The summed E-state index contributed by atoms with van der Waals surface area (Å²) >= 11 is 0. The van der Waals surface area contributed by atoms with Crippen molar-refractivity contribution in [2.24, 2.45) is 5.92 Å². The molecule has 8 nitrogen and oxygen atoms in total. The number of carbonyl (C=O) groups is 1. The number of likely N-dealkylation sites (tertiary alicyclic amines) is 1. The zero-order valence-electron chi connectivity index (χ0n) is 22.6. The number of aromatic nitrogens is 1. The molecule has 3 fully saturated rings. The second kappa shape index (κ2) is 12.0. The zero-order valence-corrected chi connectivity index (χ0v) is 22.6. The third kappa shape index (κ3) is 6.61. The Hall–Kier alpha value is -2.98. The highest BCUT2D eigenvalue weighted by molar-refractivity contribution is 5.95. The molecule has 0 radical (unpaired) electrons. The summed E-state index contributed by atoms with van der Waals surface area (Å²) in [4.78, 5) is 30.6. The van der Waals surface area contributed by atoms with Crippen molar-refractivity contribution < 1.29 is 23.0 Å². The molecule has 39 heavy (non-hydrogen) atoms. The van der Waals surface area contributed by atoms with E-state index >= 15 is 0 Å². The summed E-state index contributed by atoms with van der Waals surface area (Å²) in [5, 5.41) is 0. The maximum atomic E-state index is 13.2. The zero-order chi connectivity index (χ0) is 27.4. The number of rotatable bonds is 8. The van der Waals surface area contributed by atoms with Crippen molar-refractivity contribution >= 4 is 17.3 Å². The minimum Gasteiger partial charge on any atom is -0.494 e. The summed E-state index contributed by atoms with van der Waals surface area (Å²) in [5.74, 6) is 1.36. The van der Waals surface area contributed by atoms with E-state index < -0.39 is 17.7 Å². The standard InChI is InChI=1S/C29H38F2N4O4/c1-22-4-2-13-32(18-22)14-3-17-38-25-8-5-23(6-9-25)33-15-11-29(12-16-33)21-35(27(37)20-39-29)24-7-10-26(36)34(19-24)28(30)31/h5-10,19,22,28H,2-4,11-18,20-21H2,1H3/t22-/m0/s1. The van der Waals surface area contributed by atoms with Gasteiger partial charge in [0.2, 0.25) is 0 Å². The minimum absolute atomic E-state index is 0.114. The number of pyridine rings is 1. The van der Waals surface area contributed by atoms with Crippen LogP contribution in [0.5, 0.6) is 5.75 Å². The number of alkyl halides is 2. The molecule has 0 unspecified atom stereocenters. The van der Waals surface area contributed by atoms with Gasteiger partial charge in [-0.2, -0.15) is 8.78 Å². The monoisotopic (exact) mass is 544 g/mol. The van der Waals surface area contributed by atoms with Gasteiger partial charge in [-0.1, -0.05) is 6.92 Å². The highest BCUT2D eigenvalue weighted by atomic mass is 19.3. The number of ether oxygens (including phenoxy) is 2. The number of piperidine rings is 2. The van der Waals surface area contributed by atoms with Crippen molar-refractivity contribution in [3.63, 3.8) is 0 Å². The summed E-state index contributed by atoms with van der Waals surface area (Å²) in [6.45, 7) is 5.18. The Kier molecular flexibility index (Phi) is 8.52. The smallest absolute Gasteiger partial charge is 0.321 e. The van der Waals surface area contributed by atoms with Gasteiger partial charge >= 0.3 is 6.55 Å². The van der Waals surface area contributed by atoms with Crippen molar-refractivity contribution in [2.75, 3.05) is 62.3 Å². The van der Waals surface area contributed by atoms with E-state index in [1.54, 1.807) is 0 Å². The molecule has 1 aromatic heterocycles. The van der Waals surface area contributed by atoms with Crippen LogP contribution in [-0.2, 0) is 9.53 Å². The van der Waals surface area contributed by atoms with Crippen LogP contribution in [-0.4, -0.2) is 73.5 Å². The molecule has 1 atom stereocenters. The average Bonchev–Trinajstić information content (AvgIpc) is 2.94. The second-order valence-electron chi connectivity index (χ2n) is 11.1. The molecule has 1 aromatic carbocycles. The van der Waals surface area contributed by atoms with Crippen molar-refractivity contribution in [3.05, 3.63) is 52.9 Å². The van der Waals surface area contributed by atoms with Crippen LogP contribution in [0, 0.1) is 5.92 Å². The fourth-order valence-electron chi connectivity index (χ4n) is 5.95. The van der Waals surface area contributed by atoms with Gasteiger partial charge in [0.05, 0.1) is 24.4 Å². The van der Waals surface area contributed by atoms with Crippen LogP contribution in [0.1, 0.15) is 45.6 Å². The molecular formula is C29H38F2N4O4. The number of hydrogen-bond acceptors (Lipinski definition) is 6. The molecular weight excluding hydrogens is 506 g/mol. The van der Waals surface area contributed by atoms with Crippen molar-refractivity contribution in [1.82, 2.24) is 9.47 Å². The molecule has 5 rings (SSSR count). The summed E-state index contributed by atoms with van der Waals surface area (Å²) in [5.41, 5.74) is 0.0325. The molecule has 0 bridgehead atoms. The van der Waals surface area contributed by atoms with Crippen LogP contribution in [0.25, 0.3) is 0 Å². The Morgan fingerprint density at radius 3 is 2.51 bits per heavy atom. The Bertz CT molecular complexity index is 1180. The quantitative estimate of drug-likeness (QED) is 0.466. The molecule has 4 heterocycles. The fourth-order valence-corrected chi connectivity index (χ4v) is 5.95. The van der Waals surface area contributed by atoms with Crippen LogP contribution < -0.4 is 20.1 Å². The molecule has 3 saturated heterocycles. The number of hydrogen-bond donors (Lipinski definition) is 0. The second-order valence-corrected chi connectivity index (χ2v) is 11.1. The van der Waals surface area contributed by atoms with E-state index in [1.165, 1.54) is 36.9 Å². The van der Waals surface area contributed by atoms with E-state index in [4.69, 9.17) is 9.47 Å². The minimum atomic E-state index is -2.97. The fraction of sp³-hybridized carbons (Fsp3) is 0.586. The molecule has 3 aliphatic rings. The lowest BCUT2D eigenvalue weighted by atomic mass is 9.88. The van der Waals surface area contributed by atoms with E-state index in [0.717, 1.165) is 55.7 Å². The van der Waals surface area contributed by atoms with Gasteiger partial charge in [-0.05, 0) is 74.9 Å². The first-order chi connectivity index (χ1) is 18.8. The molecule has 2 aromatic rings. The third-order valence-corrected chi connectivity index (χ3v) is 8.20. The number of anilines is 2. The Morgan fingerprint density at radius 1 is 1.05 bits per heavy atom. The molecule has 3 aliphatic heterocycles. The summed E-state index contributed by atoms with van der Waals surface area (Å²) < 4.78 is 38.8. The maximum absolute atomic E-state index is 13.2. The molecule has 0 N–H and O–H groups in total. The SMILES string of the molecule is C[C@H]1CCCN(CCCOc2ccc(N3CCC4(CC3)CN(c3ccc(=O)n(C(F)F)c3)C(=O)CO4)cc2)C1. The molecule has 10 heteroatoms. The molecule has 0 saturated carbocycles. The Labute approximate surface area is 228 Å². The van der Waals surface area contributed by atoms with Gasteiger partial charge < -0.3 is 24.2 Å². The highest BCUT2D eigenvalue weighted by Gasteiger charge is 2.43. The van der Waals surface area contributed by atoms with Crippen LogP contribution in [0.2, 0.25) is 0 Å². The van der Waals surface area contributed by atoms with E-state index in [2.05, 4.69) is 28.9 Å². The van der Waals surface area contributed by atoms with Crippen LogP contribution in [0.4, 0.5) is 20.2 Å². The van der Waals surface area contributed by atoms with Gasteiger partial charge in [0.15, 0.2) is 0 Å². The lowest BCUT2D eigenvalue weighted by Crippen LogP contribution is -2.59. The average molecular weight is 545 g/mol. The lowest BCUT2D eigenvalue weighted by molar-refractivity contribution is -0.141. The van der Waals surface area contributed by atoms with E-state index in [1.807, 2.05) is 12.1 Å². The summed E-state index contributed by atoms with van der Waals surface area (Å²) in [6.07, 6.45) is 6.09.